The lowest BCUT2D eigenvalue weighted by atomic mass is 10.0. The van der Waals surface area contributed by atoms with E-state index in [9.17, 15) is 0 Å². The number of hydrogen-bond donors (Lipinski definition) is 1. The molecule has 1 N–H and O–H groups in total. The zero-order valence-corrected chi connectivity index (χ0v) is 12.0. The van der Waals surface area contributed by atoms with Crippen molar-refractivity contribution in [2.75, 3.05) is 18.0 Å². The van der Waals surface area contributed by atoms with E-state index in [1.807, 2.05) is 6.92 Å². The van der Waals surface area contributed by atoms with Crippen LogP contribution in [0.1, 0.15) is 36.9 Å². The lowest BCUT2D eigenvalue weighted by Crippen LogP contribution is -2.30. The van der Waals surface area contributed by atoms with Crippen LogP contribution in [0.3, 0.4) is 0 Å². The van der Waals surface area contributed by atoms with E-state index in [0.29, 0.717) is 11.9 Å². The van der Waals surface area contributed by atoms with Crippen molar-refractivity contribution in [3.63, 3.8) is 0 Å². The number of anilines is 1. The van der Waals surface area contributed by atoms with E-state index in [4.69, 9.17) is 4.42 Å². The number of benzene rings is 1. The molecule has 106 valence electrons. The summed E-state index contributed by atoms with van der Waals surface area (Å²) in [5.41, 5.74) is 2.77. The standard InChI is InChI=1S/C15H20N4O/c1-3-16-11(2)14-17-18-15(20-14)19-9-8-12-6-4-5-7-13(12)10-19/h4-7,11,16H,3,8-10H2,1-2H3. The van der Waals surface area contributed by atoms with Crippen LogP contribution in [0.2, 0.25) is 0 Å². The molecule has 1 aromatic heterocycles. The zero-order chi connectivity index (χ0) is 13.9. The second kappa shape index (κ2) is 5.63. The van der Waals surface area contributed by atoms with Gasteiger partial charge in [-0.05, 0) is 31.0 Å². The minimum Gasteiger partial charge on any atom is -0.406 e. The maximum Gasteiger partial charge on any atom is 0.318 e. The fourth-order valence-corrected chi connectivity index (χ4v) is 2.58. The molecule has 0 aliphatic carbocycles. The summed E-state index contributed by atoms with van der Waals surface area (Å²) in [4.78, 5) is 2.15. The minimum absolute atomic E-state index is 0.0957. The molecule has 2 heterocycles. The SMILES string of the molecule is CCNC(C)c1nnc(N2CCc3ccccc3C2)o1. The molecule has 5 heteroatoms. The molecule has 3 rings (SSSR count). The Morgan fingerprint density at radius 3 is 2.90 bits per heavy atom. The largest absolute Gasteiger partial charge is 0.406 e. The molecule has 1 atom stereocenters. The second-order valence-electron chi connectivity index (χ2n) is 5.14. The Morgan fingerprint density at radius 2 is 2.10 bits per heavy atom. The molecule has 1 aliphatic rings. The smallest absolute Gasteiger partial charge is 0.318 e. The first-order valence-electron chi connectivity index (χ1n) is 7.16. The maximum atomic E-state index is 5.79. The van der Waals surface area contributed by atoms with Crippen LogP contribution in [0, 0.1) is 0 Å². The first-order chi connectivity index (χ1) is 9.78. The van der Waals surface area contributed by atoms with Gasteiger partial charge in [0.05, 0.1) is 6.04 Å². The van der Waals surface area contributed by atoms with E-state index in [1.165, 1.54) is 11.1 Å². The number of nitrogens with zero attached hydrogens (tertiary/aromatic N) is 3. The molecule has 0 saturated carbocycles. The molecule has 0 saturated heterocycles. The molecule has 0 bridgehead atoms. The van der Waals surface area contributed by atoms with Crippen molar-refractivity contribution >= 4 is 6.01 Å². The molecule has 0 spiro atoms. The van der Waals surface area contributed by atoms with Gasteiger partial charge < -0.3 is 14.6 Å². The van der Waals surface area contributed by atoms with Crippen molar-refractivity contribution in [1.82, 2.24) is 15.5 Å². The lowest BCUT2D eigenvalue weighted by molar-refractivity contribution is 0.417. The van der Waals surface area contributed by atoms with Gasteiger partial charge in [0.15, 0.2) is 0 Å². The number of rotatable bonds is 4. The average Bonchev–Trinajstić information content (AvgIpc) is 2.97. The summed E-state index contributed by atoms with van der Waals surface area (Å²) in [6, 6.07) is 9.25. The van der Waals surface area contributed by atoms with Crippen molar-refractivity contribution < 1.29 is 4.42 Å². The minimum atomic E-state index is 0.0957. The van der Waals surface area contributed by atoms with Crippen molar-refractivity contribution in [1.29, 1.82) is 0 Å². The summed E-state index contributed by atoms with van der Waals surface area (Å²) in [6.45, 7) is 6.75. The van der Waals surface area contributed by atoms with Crippen molar-refractivity contribution in [3.8, 4) is 0 Å². The van der Waals surface area contributed by atoms with Crippen LogP contribution in [0.25, 0.3) is 0 Å². The first kappa shape index (κ1) is 13.1. The Morgan fingerprint density at radius 1 is 1.30 bits per heavy atom. The predicted octanol–water partition coefficient (Wildman–Crippen LogP) is 2.30. The van der Waals surface area contributed by atoms with Crippen molar-refractivity contribution in [2.24, 2.45) is 0 Å². The Balaban J connectivity index is 1.75. The highest BCUT2D eigenvalue weighted by atomic mass is 16.4. The predicted molar refractivity (Wildman–Crippen MR) is 77.6 cm³/mol. The number of fused-ring (bicyclic) bond motifs is 1. The Kier molecular flexibility index (Phi) is 3.69. The Bertz CT molecular complexity index is 581. The third-order valence-electron chi connectivity index (χ3n) is 3.71. The van der Waals surface area contributed by atoms with Gasteiger partial charge in [0, 0.05) is 13.1 Å². The third kappa shape index (κ3) is 2.54. The van der Waals surface area contributed by atoms with Gasteiger partial charge in [-0.2, -0.15) is 0 Å². The molecular weight excluding hydrogens is 252 g/mol. The summed E-state index contributed by atoms with van der Waals surface area (Å²) < 4.78 is 5.79. The van der Waals surface area contributed by atoms with Gasteiger partial charge in [0.25, 0.3) is 0 Å². The highest BCUT2D eigenvalue weighted by Gasteiger charge is 2.21. The van der Waals surface area contributed by atoms with Crippen molar-refractivity contribution in [3.05, 3.63) is 41.3 Å². The highest BCUT2D eigenvalue weighted by Crippen LogP contribution is 2.24. The summed E-state index contributed by atoms with van der Waals surface area (Å²) in [5.74, 6) is 0.653. The van der Waals surface area contributed by atoms with Crippen LogP contribution in [0.15, 0.2) is 28.7 Å². The first-order valence-corrected chi connectivity index (χ1v) is 7.16. The molecule has 2 aromatic rings. The van der Waals surface area contributed by atoms with Crippen LogP contribution in [-0.4, -0.2) is 23.3 Å². The summed E-state index contributed by atoms with van der Waals surface area (Å²) in [5, 5.41) is 11.6. The quantitative estimate of drug-likeness (QED) is 0.925. The fraction of sp³-hybridized carbons (Fsp3) is 0.467. The van der Waals surface area contributed by atoms with Crippen LogP contribution in [-0.2, 0) is 13.0 Å². The molecule has 5 nitrogen and oxygen atoms in total. The Labute approximate surface area is 119 Å². The average molecular weight is 272 g/mol. The van der Waals surface area contributed by atoms with Gasteiger partial charge in [-0.1, -0.05) is 36.3 Å². The van der Waals surface area contributed by atoms with Crippen molar-refractivity contribution in [2.45, 2.75) is 32.9 Å². The van der Waals surface area contributed by atoms with E-state index >= 15 is 0 Å². The lowest BCUT2D eigenvalue weighted by Gasteiger charge is -2.26. The van der Waals surface area contributed by atoms with Crippen LogP contribution in [0.5, 0.6) is 0 Å². The van der Waals surface area contributed by atoms with E-state index in [2.05, 4.69) is 51.6 Å². The van der Waals surface area contributed by atoms with E-state index in [1.54, 1.807) is 0 Å². The van der Waals surface area contributed by atoms with E-state index in [-0.39, 0.29) is 6.04 Å². The number of hydrogen-bond acceptors (Lipinski definition) is 5. The van der Waals surface area contributed by atoms with E-state index < -0.39 is 0 Å². The summed E-state index contributed by atoms with van der Waals surface area (Å²) in [6.07, 6.45) is 1.02. The highest BCUT2D eigenvalue weighted by molar-refractivity contribution is 5.37. The summed E-state index contributed by atoms with van der Waals surface area (Å²) >= 11 is 0. The second-order valence-corrected chi connectivity index (χ2v) is 5.14. The normalized spacial score (nSPS) is 16.0. The van der Waals surface area contributed by atoms with Crippen LogP contribution in [0.4, 0.5) is 6.01 Å². The molecular formula is C15H20N4O. The molecule has 0 amide bonds. The fourth-order valence-electron chi connectivity index (χ4n) is 2.58. The Hall–Kier alpha value is -1.88. The molecule has 0 radical (unpaired) electrons. The zero-order valence-electron chi connectivity index (χ0n) is 12.0. The molecule has 0 fully saturated rings. The van der Waals surface area contributed by atoms with Gasteiger partial charge in [0.2, 0.25) is 5.89 Å². The summed E-state index contributed by atoms with van der Waals surface area (Å²) in [7, 11) is 0. The van der Waals surface area contributed by atoms with Gasteiger partial charge in [-0.25, -0.2) is 0 Å². The third-order valence-corrected chi connectivity index (χ3v) is 3.71. The molecule has 1 aromatic carbocycles. The van der Waals surface area contributed by atoms with Gasteiger partial charge in [-0.3, -0.25) is 0 Å². The number of aromatic nitrogens is 2. The van der Waals surface area contributed by atoms with Crippen LogP contribution >= 0.6 is 0 Å². The van der Waals surface area contributed by atoms with Gasteiger partial charge in [-0.15, -0.1) is 5.10 Å². The van der Waals surface area contributed by atoms with Gasteiger partial charge >= 0.3 is 6.01 Å². The molecule has 20 heavy (non-hydrogen) atoms. The topological polar surface area (TPSA) is 54.2 Å². The van der Waals surface area contributed by atoms with Gasteiger partial charge in [0.1, 0.15) is 0 Å². The molecule has 1 aliphatic heterocycles. The maximum absolute atomic E-state index is 5.79. The van der Waals surface area contributed by atoms with E-state index in [0.717, 1.165) is 26.1 Å². The van der Waals surface area contributed by atoms with Crippen LogP contribution < -0.4 is 10.2 Å². The monoisotopic (exact) mass is 272 g/mol. The molecule has 1 unspecified atom stereocenters. The number of nitrogens with one attached hydrogen (secondary N) is 1.